The van der Waals surface area contributed by atoms with E-state index in [1.54, 1.807) is 16.8 Å². The van der Waals surface area contributed by atoms with Crippen molar-refractivity contribution in [3.8, 4) is 11.3 Å². The summed E-state index contributed by atoms with van der Waals surface area (Å²) in [5.74, 6) is 0.479. The lowest BCUT2D eigenvalue weighted by molar-refractivity contribution is 0.0912. The van der Waals surface area contributed by atoms with Crippen LogP contribution in [0.2, 0.25) is 5.02 Å². The molecule has 1 N–H and O–H groups in total. The van der Waals surface area contributed by atoms with Crippen molar-refractivity contribution in [1.82, 2.24) is 14.3 Å². The van der Waals surface area contributed by atoms with Crippen LogP contribution in [0.5, 0.6) is 0 Å². The number of nitrogens with one attached hydrogen (secondary N) is 1. The highest BCUT2D eigenvalue weighted by molar-refractivity contribution is 6.30. The molecule has 1 amide bonds. The zero-order chi connectivity index (χ0) is 23.7. The summed E-state index contributed by atoms with van der Waals surface area (Å²) in [6.07, 6.45) is 5.94. The third kappa shape index (κ3) is 4.53. The van der Waals surface area contributed by atoms with Crippen LogP contribution in [0.15, 0.2) is 77.7 Å². The van der Waals surface area contributed by atoms with Gasteiger partial charge in [-0.25, -0.2) is 0 Å². The normalized spacial score (nSPS) is 18.2. The summed E-state index contributed by atoms with van der Waals surface area (Å²) in [6.45, 7) is 2.53. The van der Waals surface area contributed by atoms with E-state index < -0.39 is 0 Å². The largest absolute Gasteiger partial charge is 0.348 e. The zero-order valence-corrected chi connectivity index (χ0v) is 20.0. The van der Waals surface area contributed by atoms with E-state index in [4.69, 9.17) is 11.6 Å². The van der Waals surface area contributed by atoms with E-state index in [0.29, 0.717) is 22.2 Å². The van der Waals surface area contributed by atoms with Gasteiger partial charge >= 0.3 is 0 Å². The van der Waals surface area contributed by atoms with Crippen molar-refractivity contribution in [3.05, 3.63) is 99.6 Å². The van der Waals surface area contributed by atoms with Crippen LogP contribution in [0.4, 0.5) is 0 Å². The van der Waals surface area contributed by atoms with Gasteiger partial charge in [0.25, 0.3) is 11.5 Å². The van der Waals surface area contributed by atoms with Gasteiger partial charge in [-0.1, -0.05) is 61.0 Å². The van der Waals surface area contributed by atoms with Crippen LogP contribution in [0, 0.1) is 5.92 Å². The maximum Gasteiger partial charge on any atom is 0.275 e. The number of benzene rings is 2. The molecular weight excluding hydrogens is 446 g/mol. The molecule has 5 nitrogen and oxygen atoms in total. The van der Waals surface area contributed by atoms with E-state index in [9.17, 15) is 9.59 Å². The van der Waals surface area contributed by atoms with E-state index in [0.717, 1.165) is 42.5 Å². The molecule has 174 valence electrons. The van der Waals surface area contributed by atoms with Gasteiger partial charge in [-0.2, -0.15) is 0 Å². The van der Waals surface area contributed by atoms with Crippen LogP contribution in [0.1, 0.15) is 48.7 Å². The second-order valence-corrected chi connectivity index (χ2v) is 9.74. The maximum absolute atomic E-state index is 13.7. The molecule has 0 aliphatic heterocycles. The number of amides is 1. The number of carbonyl (C=O) groups excluding carboxylic acids is 1. The summed E-state index contributed by atoms with van der Waals surface area (Å²) in [5.41, 5.74) is 3.42. The van der Waals surface area contributed by atoms with Crippen LogP contribution < -0.4 is 10.9 Å². The number of rotatable bonds is 5. The number of aromatic nitrogens is 2. The first-order valence-corrected chi connectivity index (χ1v) is 12.2. The van der Waals surface area contributed by atoms with Crippen LogP contribution in [0.3, 0.4) is 0 Å². The predicted molar refractivity (Wildman–Crippen MR) is 137 cm³/mol. The van der Waals surface area contributed by atoms with E-state index in [-0.39, 0.29) is 24.1 Å². The van der Waals surface area contributed by atoms with Crippen molar-refractivity contribution in [2.45, 2.75) is 45.2 Å². The lowest BCUT2D eigenvalue weighted by Gasteiger charge is -2.27. The van der Waals surface area contributed by atoms with Gasteiger partial charge in [0.15, 0.2) is 0 Å². The Morgan fingerprint density at radius 2 is 1.76 bits per heavy atom. The minimum Gasteiger partial charge on any atom is -0.348 e. The van der Waals surface area contributed by atoms with Gasteiger partial charge in [-0.3, -0.25) is 14.2 Å². The van der Waals surface area contributed by atoms with Crippen molar-refractivity contribution in [2.75, 3.05) is 0 Å². The Morgan fingerprint density at radius 3 is 2.50 bits per heavy atom. The molecule has 1 aliphatic rings. The monoisotopic (exact) mass is 473 g/mol. The van der Waals surface area contributed by atoms with Gasteiger partial charge in [-0.15, -0.1) is 0 Å². The molecule has 2 heterocycles. The first-order valence-electron chi connectivity index (χ1n) is 11.9. The van der Waals surface area contributed by atoms with Crippen LogP contribution in [-0.4, -0.2) is 20.9 Å². The van der Waals surface area contributed by atoms with Gasteiger partial charge in [0, 0.05) is 17.3 Å². The van der Waals surface area contributed by atoms with Crippen molar-refractivity contribution in [3.63, 3.8) is 0 Å². The molecule has 0 spiro atoms. The fourth-order valence-electron chi connectivity index (χ4n) is 4.87. The van der Waals surface area contributed by atoms with E-state index in [2.05, 4.69) is 12.2 Å². The van der Waals surface area contributed by atoms with Crippen LogP contribution >= 0.6 is 11.6 Å². The van der Waals surface area contributed by atoms with E-state index in [1.165, 1.54) is 0 Å². The highest BCUT2D eigenvalue weighted by atomic mass is 35.5. The number of hydrogen-bond acceptors (Lipinski definition) is 2. The van der Waals surface area contributed by atoms with Gasteiger partial charge in [0.05, 0.1) is 12.2 Å². The van der Waals surface area contributed by atoms with E-state index >= 15 is 0 Å². The molecule has 2 aromatic heterocycles. The van der Waals surface area contributed by atoms with Crippen molar-refractivity contribution >= 4 is 23.0 Å². The smallest absolute Gasteiger partial charge is 0.275 e. The Balaban J connectivity index is 1.60. The fraction of sp³-hybridized carbons (Fsp3) is 0.286. The van der Waals surface area contributed by atoms with Crippen LogP contribution in [0.25, 0.3) is 16.8 Å². The third-order valence-corrected chi connectivity index (χ3v) is 7.04. The van der Waals surface area contributed by atoms with Crippen molar-refractivity contribution in [2.24, 2.45) is 5.92 Å². The Morgan fingerprint density at radius 1 is 1.00 bits per heavy atom. The van der Waals surface area contributed by atoms with Crippen molar-refractivity contribution < 1.29 is 4.79 Å². The summed E-state index contributed by atoms with van der Waals surface area (Å²) in [7, 11) is 0. The molecule has 0 radical (unpaired) electrons. The van der Waals surface area contributed by atoms with Gasteiger partial charge in [-0.05, 0) is 67.0 Å². The summed E-state index contributed by atoms with van der Waals surface area (Å²) in [4.78, 5) is 27.2. The molecule has 4 aromatic rings. The summed E-state index contributed by atoms with van der Waals surface area (Å²) in [6, 6.07) is 21.2. The summed E-state index contributed by atoms with van der Waals surface area (Å²) >= 11 is 6.19. The highest BCUT2D eigenvalue weighted by Crippen LogP contribution is 2.25. The topological polar surface area (TPSA) is 55.5 Å². The molecule has 1 aliphatic carbocycles. The third-order valence-electron chi connectivity index (χ3n) is 6.81. The quantitative estimate of drug-likeness (QED) is 0.399. The molecular formula is C28H28ClN3O2. The van der Waals surface area contributed by atoms with Gasteiger partial charge < -0.3 is 9.72 Å². The predicted octanol–water partition coefficient (Wildman–Crippen LogP) is 5.78. The van der Waals surface area contributed by atoms with E-state index in [1.807, 2.05) is 65.1 Å². The molecule has 0 unspecified atom stereocenters. The maximum atomic E-state index is 13.7. The first-order chi connectivity index (χ1) is 16.5. The van der Waals surface area contributed by atoms with Crippen LogP contribution in [-0.2, 0) is 6.54 Å². The number of nitrogens with zero attached hydrogens (tertiary/aromatic N) is 2. The molecule has 2 aromatic carbocycles. The molecule has 0 saturated heterocycles. The Kier molecular flexibility index (Phi) is 6.29. The highest BCUT2D eigenvalue weighted by Gasteiger charge is 2.23. The second-order valence-electron chi connectivity index (χ2n) is 9.31. The SMILES string of the molecule is CC1CCC(NC(=O)c2cn3c(-c4ccccc4)ccc3c(=O)n2Cc2cccc(Cl)c2)CC1. The second kappa shape index (κ2) is 9.51. The molecule has 1 fully saturated rings. The molecule has 6 heteroatoms. The fourth-order valence-corrected chi connectivity index (χ4v) is 5.08. The number of hydrogen-bond donors (Lipinski definition) is 1. The molecule has 0 bridgehead atoms. The molecule has 34 heavy (non-hydrogen) atoms. The average Bonchev–Trinajstić information content (AvgIpc) is 3.27. The number of fused-ring (bicyclic) bond motifs is 1. The summed E-state index contributed by atoms with van der Waals surface area (Å²) < 4.78 is 3.40. The lowest BCUT2D eigenvalue weighted by atomic mass is 9.87. The minimum atomic E-state index is -0.215. The van der Waals surface area contributed by atoms with Gasteiger partial charge in [0.1, 0.15) is 11.2 Å². The number of carbonyl (C=O) groups is 1. The Labute approximate surface area is 204 Å². The number of halogens is 1. The zero-order valence-electron chi connectivity index (χ0n) is 19.2. The first kappa shape index (κ1) is 22.5. The Hall–Kier alpha value is -3.31. The Bertz CT molecular complexity index is 1380. The lowest BCUT2D eigenvalue weighted by Crippen LogP contribution is -2.40. The summed E-state index contributed by atoms with van der Waals surface area (Å²) in [5, 5.41) is 3.80. The van der Waals surface area contributed by atoms with Gasteiger partial charge in [0.2, 0.25) is 0 Å². The molecule has 0 atom stereocenters. The average molecular weight is 474 g/mol. The minimum absolute atomic E-state index is 0.132. The standard InChI is InChI=1S/C28H28ClN3O2/c1-19-10-12-23(13-11-19)30-27(33)26-18-31-24(21-7-3-2-4-8-21)14-15-25(31)28(34)32(26)17-20-6-5-9-22(29)16-20/h2-9,14-16,18-19,23H,10-13,17H2,1H3,(H,30,33). The molecule has 5 rings (SSSR count). The van der Waals surface area contributed by atoms with Crippen molar-refractivity contribution in [1.29, 1.82) is 0 Å². The molecule has 1 saturated carbocycles.